The van der Waals surface area contributed by atoms with Crippen molar-refractivity contribution >= 4 is 23.2 Å². The standard InChI is InChI=1S/C18H22ClN3O/c1-13-7-8-15(14(19)11-13)20-18(23)12-22-10-4-6-17(22)16-5-3-9-21(16)2/h3,5,7-9,11,17H,4,6,10,12H2,1-2H3,(H,20,23)/p+1/t17-/m1/s1. The van der Waals surface area contributed by atoms with Crippen molar-refractivity contribution in [1.82, 2.24) is 4.57 Å². The van der Waals surface area contributed by atoms with Gasteiger partial charge in [0, 0.05) is 26.1 Å². The average Bonchev–Trinajstić information content (AvgIpc) is 3.10. The molecule has 1 saturated heterocycles. The first-order chi connectivity index (χ1) is 11.0. The Morgan fingerprint density at radius 2 is 2.26 bits per heavy atom. The number of amides is 1. The van der Waals surface area contributed by atoms with Crippen LogP contribution in [0.25, 0.3) is 0 Å². The summed E-state index contributed by atoms with van der Waals surface area (Å²) in [6.45, 7) is 3.49. The van der Waals surface area contributed by atoms with Crippen LogP contribution in [-0.2, 0) is 11.8 Å². The molecule has 1 fully saturated rings. The van der Waals surface area contributed by atoms with Gasteiger partial charge < -0.3 is 14.8 Å². The van der Waals surface area contributed by atoms with Gasteiger partial charge in [0.25, 0.3) is 5.91 Å². The Morgan fingerprint density at radius 3 is 2.96 bits per heavy atom. The summed E-state index contributed by atoms with van der Waals surface area (Å²) in [4.78, 5) is 13.7. The third-order valence-electron chi connectivity index (χ3n) is 4.61. The highest BCUT2D eigenvalue weighted by Gasteiger charge is 2.33. The Hall–Kier alpha value is -1.78. The number of nitrogens with one attached hydrogen (secondary N) is 2. The van der Waals surface area contributed by atoms with E-state index in [1.807, 2.05) is 25.1 Å². The number of quaternary nitrogens is 1. The third-order valence-corrected chi connectivity index (χ3v) is 4.92. The second-order valence-corrected chi connectivity index (χ2v) is 6.76. The van der Waals surface area contributed by atoms with Crippen LogP contribution in [-0.4, -0.2) is 23.6 Å². The summed E-state index contributed by atoms with van der Waals surface area (Å²) in [5, 5.41) is 3.54. The van der Waals surface area contributed by atoms with Crippen molar-refractivity contribution in [3.63, 3.8) is 0 Å². The fourth-order valence-corrected chi connectivity index (χ4v) is 3.72. The fraction of sp³-hybridized carbons (Fsp3) is 0.389. The molecule has 0 spiro atoms. The molecule has 1 aromatic carbocycles. The highest BCUT2D eigenvalue weighted by Crippen LogP contribution is 2.23. The largest absolute Gasteiger partial charge is 0.350 e. The van der Waals surface area contributed by atoms with Crippen molar-refractivity contribution in [2.45, 2.75) is 25.8 Å². The summed E-state index contributed by atoms with van der Waals surface area (Å²) in [6.07, 6.45) is 4.35. The number of hydrogen-bond acceptors (Lipinski definition) is 1. The zero-order chi connectivity index (χ0) is 16.4. The lowest BCUT2D eigenvalue weighted by atomic mass is 10.1. The van der Waals surface area contributed by atoms with Crippen LogP contribution in [0.2, 0.25) is 5.02 Å². The first kappa shape index (κ1) is 16.1. The summed E-state index contributed by atoms with van der Waals surface area (Å²) >= 11 is 6.20. The van der Waals surface area contributed by atoms with E-state index < -0.39 is 0 Å². The van der Waals surface area contributed by atoms with Gasteiger partial charge in [-0.3, -0.25) is 4.79 Å². The number of carbonyl (C=O) groups is 1. The molecule has 23 heavy (non-hydrogen) atoms. The Balaban J connectivity index is 1.66. The lowest BCUT2D eigenvalue weighted by Gasteiger charge is -2.21. The maximum absolute atomic E-state index is 12.4. The molecule has 5 heteroatoms. The van der Waals surface area contributed by atoms with Gasteiger partial charge in [0.15, 0.2) is 6.54 Å². The van der Waals surface area contributed by atoms with Gasteiger partial charge >= 0.3 is 0 Å². The summed E-state index contributed by atoms with van der Waals surface area (Å²) in [5.41, 5.74) is 3.08. The van der Waals surface area contributed by atoms with Crippen LogP contribution in [0.4, 0.5) is 5.69 Å². The second-order valence-electron chi connectivity index (χ2n) is 6.36. The third kappa shape index (κ3) is 3.59. The van der Waals surface area contributed by atoms with Crippen LogP contribution in [0.3, 0.4) is 0 Å². The number of aryl methyl sites for hydroxylation is 2. The molecule has 1 unspecified atom stereocenters. The molecule has 2 heterocycles. The van der Waals surface area contributed by atoms with Gasteiger partial charge in [0.2, 0.25) is 0 Å². The van der Waals surface area contributed by atoms with Gasteiger partial charge in [-0.15, -0.1) is 0 Å². The minimum atomic E-state index is 0.0202. The number of nitrogens with zero attached hydrogens (tertiary/aromatic N) is 1. The van der Waals surface area contributed by atoms with Crippen molar-refractivity contribution < 1.29 is 9.69 Å². The number of carbonyl (C=O) groups excluding carboxylic acids is 1. The Labute approximate surface area is 142 Å². The van der Waals surface area contributed by atoms with E-state index in [0.29, 0.717) is 23.3 Å². The monoisotopic (exact) mass is 332 g/mol. The Bertz CT molecular complexity index is 710. The molecule has 1 aliphatic heterocycles. The maximum Gasteiger partial charge on any atom is 0.279 e. The number of likely N-dealkylation sites (tertiary alicyclic amines) is 1. The molecule has 1 aliphatic rings. The molecule has 0 radical (unpaired) electrons. The lowest BCUT2D eigenvalue weighted by molar-refractivity contribution is -0.910. The van der Waals surface area contributed by atoms with Gasteiger partial charge in [-0.2, -0.15) is 0 Å². The molecule has 4 nitrogen and oxygen atoms in total. The van der Waals surface area contributed by atoms with Crippen molar-refractivity contribution in [2.75, 3.05) is 18.4 Å². The van der Waals surface area contributed by atoms with E-state index >= 15 is 0 Å². The van der Waals surface area contributed by atoms with Gasteiger partial charge in [-0.25, -0.2) is 0 Å². The van der Waals surface area contributed by atoms with Gasteiger partial charge in [0.05, 0.1) is 22.9 Å². The summed E-state index contributed by atoms with van der Waals surface area (Å²) in [7, 11) is 2.07. The predicted molar refractivity (Wildman–Crippen MR) is 92.9 cm³/mol. The molecule has 1 amide bonds. The summed E-state index contributed by atoms with van der Waals surface area (Å²) in [6, 6.07) is 10.3. The fourth-order valence-electron chi connectivity index (χ4n) is 3.44. The lowest BCUT2D eigenvalue weighted by Crippen LogP contribution is -3.11. The van der Waals surface area contributed by atoms with E-state index in [2.05, 4.69) is 35.3 Å². The van der Waals surface area contributed by atoms with E-state index in [1.165, 1.54) is 10.6 Å². The number of anilines is 1. The zero-order valence-corrected chi connectivity index (χ0v) is 14.4. The Morgan fingerprint density at radius 1 is 1.43 bits per heavy atom. The number of aromatic nitrogens is 1. The second kappa shape index (κ2) is 6.77. The maximum atomic E-state index is 12.4. The van der Waals surface area contributed by atoms with E-state index in [0.717, 1.165) is 24.9 Å². The number of rotatable bonds is 4. The van der Waals surface area contributed by atoms with Crippen LogP contribution in [0.5, 0.6) is 0 Å². The number of benzene rings is 1. The zero-order valence-electron chi connectivity index (χ0n) is 13.6. The predicted octanol–water partition coefficient (Wildman–Crippen LogP) is 2.35. The van der Waals surface area contributed by atoms with Crippen LogP contribution in [0, 0.1) is 6.92 Å². The molecule has 3 rings (SSSR count). The quantitative estimate of drug-likeness (QED) is 0.886. The van der Waals surface area contributed by atoms with Crippen LogP contribution < -0.4 is 10.2 Å². The highest BCUT2D eigenvalue weighted by molar-refractivity contribution is 6.33. The topological polar surface area (TPSA) is 38.5 Å². The molecule has 1 aromatic heterocycles. The minimum Gasteiger partial charge on any atom is -0.350 e. The SMILES string of the molecule is Cc1ccc(NC(=O)C[NH+]2CCC[C@@H]2c2cccn2C)c(Cl)c1. The molecule has 2 atom stereocenters. The molecule has 2 N–H and O–H groups in total. The van der Waals surface area contributed by atoms with Crippen molar-refractivity contribution in [3.8, 4) is 0 Å². The van der Waals surface area contributed by atoms with E-state index in [9.17, 15) is 4.79 Å². The molecule has 122 valence electrons. The molecule has 2 aromatic rings. The first-order valence-electron chi connectivity index (χ1n) is 8.06. The molecular weight excluding hydrogens is 310 g/mol. The van der Waals surface area contributed by atoms with Crippen molar-refractivity contribution in [1.29, 1.82) is 0 Å². The first-order valence-corrected chi connectivity index (χ1v) is 8.44. The van der Waals surface area contributed by atoms with Gasteiger partial charge in [-0.1, -0.05) is 17.7 Å². The van der Waals surface area contributed by atoms with Crippen molar-refractivity contribution in [2.24, 2.45) is 7.05 Å². The van der Waals surface area contributed by atoms with Crippen LogP contribution in [0.1, 0.15) is 30.1 Å². The number of halogens is 1. The molecule has 0 saturated carbocycles. The Kier molecular flexibility index (Phi) is 4.74. The molecule has 0 bridgehead atoms. The van der Waals surface area contributed by atoms with E-state index in [4.69, 9.17) is 11.6 Å². The average molecular weight is 333 g/mol. The van der Waals surface area contributed by atoms with Crippen LogP contribution in [0.15, 0.2) is 36.5 Å². The van der Waals surface area contributed by atoms with Gasteiger partial charge in [-0.05, 0) is 36.8 Å². The minimum absolute atomic E-state index is 0.0202. The normalized spacial score (nSPS) is 20.7. The smallest absolute Gasteiger partial charge is 0.279 e. The summed E-state index contributed by atoms with van der Waals surface area (Å²) < 4.78 is 2.16. The molecular formula is C18H23ClN3O+. The number of hydrogen-bond donors (Lipinski definition) is 2. The highest BCUT2D eigenvalue weighted by atomic mass is 35.5. The van der Waals surface area contributed by atoms with Gasteiger partial charge in [0.1, 0.15) is 6.04 Å². The summed E-state index contributed by atoms with van der Waals surface area (Å²) in [5.74, 6) is 0.0202. The van der Waals surface area contributed by atoms with E-state index in [-0.39, 0.29) is 5.91 Å². The van der Waals surface area contributed by atoms with E-state index in [1.54, 1.807) is 0 Å². The molecule has 0 aliphatic carbocycles. The van der Waals surface area contributed by atoms with Crippen LogP contribution >= 0.6 is 11.6 Å². The van der Waals surface area contributed by atoms with Crippen molar-refractivity contribution in [3.05, 3.63) is 52.8 Å².